The quantitative estimate of drug-likeness (QED) is 0.876. The van der Waals surface area contributed by atoms with E-state index in [0.717, 1.165) is 18.0 Å². The number of ether oxygens (including phenoxy) is 1. The number of aliphatic hydroxyl groups is 1. The lowest BCUT2D eigenvalue weighted by atomic mass is 10.2. The van der Waals surface area contributed by atoms with Crippen molar-refractivity contribution in [1.29, 1.82) is 0 Å². The number of hydrogen-bond donors (Lipinski definition) is 1. The molecular weight excluding hydrogens is 318 g/mol. The van der Waals surface area contributed by atoms with Crippen molar-refractivity contribution in [2.24, 2.45) is 0 Å². The lowest BCUT2D eigenvalue weighted by Gasteiger charge is -2.36. The van der Waals surface area contributed by atoms with Gasteiger partial charge in [0.15, 0.2) is 0 Å². The molecule has 3 rings (SSSR count). The summed E-state index contributed by atoms with van der Waals surface area (Å²) in [6.07, 6.45) is -0.399. The van der Waals surface area contributed by atoms with E-state index in [0.29, 0.717) is 12.4 Å². The van der Waals surface area contributed by atoms with E-state index in [1.807, 2.05) is 31.4 Å². The molecule has 3 atom stereocenters. The fraction of sp³-hybridized carbons (Fsp3) is 0.600. The van der Waals surface area contributed by atoms with Crippen molar-refractivity contribution in [1.82, 2.24) is 14.7 Å². The number of nitrogens with zero attached hydrogens (tertiary/aromatic N) is 3. The summed E-state index contributed by atoms with van der Waals surface area (Å²) >= 11 is 1.45. The number of thiophene rings is 1. The first kappa shape index (κ1) is 16.4. The maximum atomic E-state index is 11.9. The lowest BCUT2D eigenvalue weighted by Crippen LogP contribution is -2.48. The molecule has 126 valence electrons. The number of morpholine rings is 1. The van der Waals surface area contributed by atoms with Crippen molar-refractivity contribution >= 4 is 11.3 Å². The Bertz CT molecular complexity index is 671. The molecule has 7 nitrogen and oxygen atoms in total. The summed E-state index contributed by atoms with van der Waals surface area (Å²) in [4.78, 5) is 14.8. The second-order valence-electron chi connectivity index (χ2n) is 5.96. The summed E-state index contributed by atoms with van der Waals surface area (Å²) in [5.74, 6) is -0.248. The molecule has 0 amide bonds. The Hall–Kier alpha value is -1.48. The molecule has 2 aromatic rings. The molecule has 1 saturated heterocycles. The summed E-state index contributed by atoms with van der Waals surface area (Å²) in [6.45, 7) is 6.18. The van der Waals surface area contributed by atoms with Crippen LogP contribution in [0, 0.1) is 0 Å². The van der Waals surface area contributed by atoms with Crippen molar-refractivity contribution in [3.63, 3.8) is 0 Å². The van der Waals surface area contributed by atoms with Gasteiger partial charge in [-0.3, -0.25) is 4.90 Å². The van der Waals surface area contributed by atoms with E-state index in [2.05, 4.69) is 10.00 Å². The van der Waals surface area contributed by atoms with Gasteiger partial charge in [-0.25, -0.2) is 4.79 Å². The first-order valence-corrected chi connectivity index (χ1v) is 8.57. The largest absolute Gasteiger partial charge is 0.437 e. The monoisotopic (exact) mass is 339 g/mol. The molecule has 0 aliphatic carbocycles. The van der Waals surface area contributed by atoms with Gasteiger partial charge in [-0.15, -0.1) is 16.4 Å². The minimum absolute atomic E-state index is 0.119. The van der Waals surface area contributed by atoms with E-state index in [1.54, 1.807) is 0 Å². The summed E-state index contributed by atoms with van der Waals surface area (Å²) in [6, 6.07) is 3.71. The third kappa shape index (κ3) is 4.08. The second-order valence-corrected chi connectivity index (χ2v) is 6.91. The summed E-state index contributed by atoms with van der Waals surface area (Å²) in [5, 5.41) is 16.3. The van der Waals surface area contributed by atoms with Crippen LogP contribution < -0.4 is 5.76 Å². The van der Waals surface area contributed by atoms with Gasteiger partial charge in [-0.1, -0.05) is 6.07 Å². The summed E-state index contributed by atoms with van der Waals surface area (Å²) < 4.78 is 12.0. The first-order valence-electron chi connectivity index (χ1n) is 7.69. The highest BCUT2D eigenvalue weighted by Crippen LogP contribution is 2.21. The van der Waals surface area contributed by atoms with Crippen molar-refractivity contribution in [2.75, 3.05) is 19.6 Å². The van der Waals surface area contributed by atoms with Crippen molar-refractivity contribution < 1.29 is 14.3 Å². The predicted octanol–water partition coefficient (Wildman–Crippen LogP) is 1.03. The average molecular weight is 339 g/mol. The Balaban J connectivity index is 1.62. The van der Waals surface area contributed by atoms with Crippen molar-refractivity contribution in [2.45, 2.75) is 38.7 Å². The molecule has 1 fully saturated rings. The zero-order chi connectivity index (χ0) is 16.4. The Kier molecular flexibility index (Phi) is 4.96. The minimum atomic E-state index is -0.688. The van der Waals surface area contributed by atoms with E-state index in [9.17, 15) is 9.90 Å². The highest BCUT2D eigenvalue weighted by molar-refractivity contribution is 7.13. The van der Waals surface area contributed by atoms with Crippen LogP contribution in [0.15, 0.2) is 26.7 Å². The number of aliphatic hydroxyl groups excluding tert-OH is 1. The van der Waals surface area contributed by atoms with Crippen molar-refractivity contribution in [3.05, 3.63) is 28.1 Å². The Labute approximate surface area is 138 Å². The molecule has 0 unspecified atom stereocenters. The van der Waals surface area contributed by atoms with Gasteiger partial charge in [0.25, 0.3) is 5.89 Å². The van der Waals surface area contributed by atoms with Crippen LogP contribution >= 0.6 is 11.3 Å². The van der Waals surface area contributed by atoms with Crippen LogP contribution in [0.3, 0.4) is 0 Å². The Morgan fingerprint density at radius 1 is 1.39 bits per heavy atom. The van der Waals surface area contributed by atoms with Crippen LogP contribution in [0.1, 0.15) is 13.8 Å². The number of β-amino-alcohol motifs (C(OH)–C–C–N with tert-alkyl or cyclic N) is 1. The van der Waals surface area contributed by atoms with Crippen molar-refractivity contribution in [3.8, 4) is 10.8 Å². The van der Waals surface area contributed by atoms with E-state index >= 15 is 0 Å². The molecule has 0 spiro atoms. The number of rotatable bonds is 5. The second kappa shape index (κ2) is 6.96. The third-order valence-electron chi connectivity index (χ3n) is 3.69. The highest BCUT2D eigenvalue weighted by Gasteiger charge is 2.24. The molecule has 1 aliphatic rings. The van der Waals surface area contributed by atoms with Gasteiger partial charge >= 0.3 is 5.76 Å². The molecular formula is C15H21N3O4S. The molecule has 1 aliphatic heterocycles. The van der Waals surface area contributed by atoms with E-state index in [-0.39, 0.29) is 18.8 Å². The number of hydrogen-bond acceptors (Lipinski definition) is 7. The van der Waals surface area contributed by atoms with Crippen LogP contribution in [-0.2, 0) is 11.3 Å². The molecule has 1 N–H and O–H groups in total. The first-order chi connectivity index (χ1) is 11.0. The molecule has 0 aromatic carbocycles. The van der Waals surface area contributed by atoms with Gasteiger partial charge in [0.2, 0.25) is 0 Å². The normalized spacial score (nSPS) is 24.0. The maximum absolute atomic E-state index is 11.9. The smallest absolute Gasteiger partial charge is 0.390 e. The van der Waals surface area contributed by atoms with Crippen LogP contribution in [0.25, 0.3) is 10.8 Å². The Morgan fingerprint density at radius 3 is 2.78 bits per heavy atom. The van der Waals surface area contributed by atoms with E-state index < -0.39 is 11.9 Å². The van der Waals surface area contributed by atoms with Crippen LogP contribution in [0.4, 0.5) is 0 Å². The predicted molar refractivity (Wildman–Crippen MR) is 86.5 cm³/mol. The van der Waals surface area contributed by atoms with E-state index in [4.69, 9.17) is 9.15 Å². The fourth-order valence-electron chi connectivity index (χ4n) is 2.91. The van der Waals surface area contributed by atoms with Gasteiger partial charge in [-0.2, -0.15) is 4.68 Å². The van der Waals surface area contributed by atoms with Gasteiger partial charge in [-0.05, 0) is 25.3 Å². The van der Waals surface area contributed by atoms with Crippen LogP contribution in [0.5, 0.6) is 0 Å². The molecule has 8 heteroatoms. The molecule has 0 saturated carbocycles. The van der Waals surface area contributed by atoms with E-state index in [1.165, 1.54) is 16.0 Å². The standard InChI is InChI=1S/C15H21N3O4S/c1-10-6-17(7-11(2)21-10)8-12(19)9-18-15(20)22-14(16-18)13-4-3-5-23-13/h3-5,10-12,19H,6-9H2,1-2H3/t10-,11+,12-/m1/s1. The SMILES string of the molecule is C[C@@H]1CN(C[C@@H](O)Cn2nc(-c3cccs3)oc2=O)C[C@H](C)O1. The zero-order valence-electron chi connectivity index (χ0n) is 13.2. The molecule has 23 heavy (non-hydrogen) atoms. The molecule has 0 radical (unpaired) electrons. The van der Waals surface area contributed by atoms with Crippen LogP contribution in [-0.4, -0.2) is 57.7 Å². The van der Waals surface area contributed by atoms with Gasteiger partial charge in [0.1, 0.15) is 0 Å². The fourth-order valence-corrected chi connectivity index (χ4v) is 3.55. The number of aromatic nitrogens is 2. The summed E-state index contributed by atoms with van der Waals surface area (Å²) in [7, 11) is 0. The molecule has 2 aromatic heterocycles. The topological polar surface area (TPSA) is 80.7 Å². The molecule has 3 heterocycles. The zero-order valence-corrected chi connectivity index (χ0v) is 14.0. The van der Waals surface area contributed by atoms with Gasteiger partial charge < -0.3 is 14.3 Å². The van der Waals surface area contributed by atoms with Gasteiger partial charge in [0, 0.05) is 19.6 Å². The Morgan fingerprint density at radius 2 is 2.13 bits per heavy atom. The summed E-state index contributed by atoms with van der Waals surface area (Å²) in [5.41, 5.74) is 0. The van der Waals surface area contributed by atoms with Crippen LogP contribution in [0.2, 0.25) is 0 Å². The molecule has 0 bridgehead atoms. The lowest BCUT2D eigenvalue weighted by molar-refractivity contribution is -0.0775. The minimum Gasteiger partial charge on any atom is -0.390 e. The van der Waals surface area contributed by atoms with Gasteiger partial charge in [0.05, 0.1) is 29.7 Å². The third-order valence-corrected chi connectivity index (χ3v) is 4.54. The maximum Gasteiger partial charge on any atom is 0.437 e. The highest BCUT2D eigenvalue weighted by atomic mass is 32.1. The average Bonchev–Trinajstić information content (AvgIpc) is 3.08.